The fourth-order valence-electron chi connectivity index (χ4n) is 4.19. The summed E-state index contributed by atoms with van der Waals surface area (Å²) >= 11 is 0. The SMILES string of the molecule is C=Cc1cccc(C(C(=O)Nc2ccccc2C)N(C)C(=O)C(Cc2ccccc2)NC(=O)OC(C)(C)C)c1. The zero-order chi connectivity index (χ0) is 28.6. The number of nitrogens with zero attached hydrogens (tertiary/aromatic N) is 1. The molecule has 0 radical (unpaired) electrons. The average molecular weight is 528 g/mol. The van der Waals surface area contributed by atoms with Gasteiger partial charge in [0.2, 0.25) is 5.91 Å². The van der Waals surface area contributed by atoms with E-state index in [9.17, 15) is 14.4 Å². The second kappa shape index (κ2) is 12.9. The third kappa shape index (κ3) is 8.30. The monoisotopic (exact) mass is 527 g/mol. The van der Waals surface area contributed by atoms with Gasteiger partial charge in [-0.05, 0) is 62.1 Å². The Balaban J connectivity index is 1.98. The number of carbonyl (C=O) groups excluding carboxylic acids is 3. The smallest absolute Gasteiger partial charge is 0.408 e. The number of hydrogen-bond donors (Lipinski definition) is 2. The van der Waals surface area contributed by atoms with Gasteiger partial charge < -0.3 is 20.3 Å². The Morgan fingerprint density at radius 3 is 2.28 bits per heavy atom. The molecule has 7 heteroatoms. The molecule has 0 bridgehead atoms. The van der Waals surface area contributed by atoms with Crippen LogP contribution in [0.2, 0.25) is 0 Å². The van der Waals surface area contributed by atoms with Gasteiger partial charge in [0, 0.05) is 19.2 Å². The van der Waals surface area contributed by atoms with E-state index in [4.69, 9.17) is 4.74 Å². The van der Waals surface area contributed by atoms with Gasteiger partial charge in [-0.3, -0.25) is 9.59 Å². The summed E-state index contributed by atoms with van der Waals surface area (Å²) in [5, 5.41) is 5.70. The zero-order valence-corrected chi connectivity index (χ0v) is 23.2. The summed E-state index contributed by atoms with van der Waals surface area (Å²) in [6.45, 7) is 11.0. The van der Waals surface area contributed by atoms with Crippen molar-refractivity contribution >= 4 is 29.7 Å². The van der Waals surface area contributed by atoms with Gasteiger partial charge in [0.05, 0.1) is 0 Å². The van der Waals surface area contributed by atoms with E-state index >= 15 is 0 Å². The number of hydrogen-bond acceptors (Lipinski definition) is 4. The van der Waals surface area contributed by atoms with Crippen LogP contribution in [0.3, 0.4) is 0 Å². The number of benzene rings is 3. The van der Waals surface area contributed by atoms with Crippen LogP contribution in [-0.4, -0.2) is 41.5 Å². The van der Waals surface area contributed by atoms with Gasteiger partial charge in [0.15, 0.2) is 0 Å². The first-order valence-electron chi connectivity index (χ1n) is 12.9. The molecule has 3 amide bonds. The summed E-state index contributed by atoms with van der Waals surface area (Å²) in [7, 11) is 1.57. The van der Waals surface area contributed by atoms with Gasteiger partial charge in [-0.2, -0.15) is 0 Å². The molecule has 3 rings (SSSR count). The Morgan fingerprint density at radius 2 is 1.64 bits per heavy atom. The van der Waals surface area contributed by atoms with Gasteiger partial charge in [0.1, 0.15) is 17.7 Å². The van der Waals surface area contributed by atoms with E-state index in [2.05, 4.69) is 17.2 Å². The highest BCUT2D eigenvalue weighted by Crippen LogP contribution is 2.25. The number of carbonyl (C=O) groups is 3. The van der Waals surface area contributed by atoms with Crippen LogP contribution in [-0.2, 0) is 20.7 Å². The highest BCUT2D eigenvalue weighted by Gasteiger charge is 2.34. The molecule has 7 nitrogen and oxygen atoms in total. The maximum atomic E-state index is 14.0. The molecule has 204 valence electrons. The molecular weight excluding hydrogens is 490 g/mol. The maximum absolute atomic E-state index is 14.0. The van der Waals surface area contributed by atoms with Crippen molar-refractivity contribution < 1.29 is 19.1 Å². The molecule has 0 saturated heterocycles. The van der Waals surface area contributed by atoms with E-state index in [1.54, 1.807) is 40.0 Å². The van der Waals surface area contributed by atoms with Crippen LogP contribution in [0.1, 0.15) is 49.1 Å². The number of aryl methyl sites for hydroxylation is 1. The molecule has 0 saturated carbocycles. The van der Waals surface area contributed by atoms with Crippen molar-refractivity contribution in [3.05, 3.63) is 108 Å². The zero-order valence-electron chi connectivity index (χ0n) is 23.2. The number of alkyl carbamates (subject to hydrolysis) is 1. The lowest BCUT2D eigenvalue weighted by Gasteiger charge is -2.32. The fraction of sp³-hybridized carbons (Fsp3) is 0.281. The van der Waals surface area contributed by atoms with Crippen LogP contribution in [0.15, 0.2) is 85.4 Å². The lowest BCUT2D eigenvalue weighted by molar-refractivity contribution is -0.139. The van der Waals surface area contributed by atoms with Gasteiger partial charge in [0.25, 0.3) is 5.91 Å². The molecule has 0 aliphatic rings. The number of amides is 3. The molecule has 0 aliphatic carbocycles. The van der Waals surface area contributed by atoms with Crippen LogP contribution in [0, 0.1) is 6.92 Å². The van der Waals surface area contributed by atoms with Crippen molar-refractivity contribution in [3.8, 4) is 0 Å². The number of anilines is 1. The second-order valence-corrected chi connectivity index (χ2v) is 10.4. The first-order chi connectivity index (χ1) is 18.5. The van der Waals surface area contributed by atoms with E-state index < -0.39 is 29.7 Å². The Kier molecular flexibility index (Phi) is 9.66. The van der Waals surface area contributed by atoms with Crippen molar-refractivity contribution in [1.29, 1.82) is 0 Å². The molecule has 0 aliphatic heterocycles. The summed E-state index contributed by atoms with van der Waals surface area (Å²) in [4.78, 5) is 41.9. The first kappa shape index (κ1) is 29.2. The first-order valence-corrected chi connectivity index (χ1v) is 12.9. The lowest BCUT2D eigenvalue weighted by Crippen LogP contribution is -2.52. The molecule has 3 aromatic rings. The lowest BCUT2D eigenvalue weighted by atomic mass is 9.99. The van der Waals surface area contributed by atoms with E-state index in [1.165, 1.54) is 4.90 Å². The van der Waals surface area contributed by atoms with Crippen LogP contribution >= 0.6 is 0 Å². The summed E-state index contributed by atoms with van der Waals surface area (Å²) in [6.07, 6.45) is 1.20. The van der Waals surface area contributed by atoms with Crippen molar-refractivity contribution in [2.24, 2.45) is 0 Å². The maximum Gasteiger partial charge on any atom is 0.408 e. The summed E-state index contributed by atoms with van der Waals surface area (Å²) in [5.41, 5.74) is 3.10. The number of ether oxygens (including phenoxy) is 1. The van der Waals surface area contributed by atoms with Crippen LogP contribution < -0.4 is 10.6 Å². The Labute approximate surface area is 230 Å². The Morgan fingerprint density at radius 1 is 0.974 bits per heavy atom. The van der Waals surface area contributed by atoms with Gasteiger partial charge >= 0.3 is 6.09 Å². The fourth-order valence-corrected chi connectivity index (χ4v) is 4.19. The molecule has 0 heterocycles. The molecule has 39 heavy (non-hydrogen) atoms. The van der Waals surface area contributed by atoms with Crippen LogP contribution in [0.25, 0.3) is 6.08 Å². The predicted molar refractivity (Wildman–Crippen MR) is 155 cm³/mol. The topological polar surface area (TPSA) is 87.7 Å². The molecule has 0 fully saturated rings. The average Bonchev–Trinajstić information content (AvgIpc) is 2.89. The van der Waals surface area contributed by atoms with Gasteiger partial charge in [-0.15, -0.1) is 0 Å². The quantitative estimate of drug-likeness (QED) is 0.362. The standard InChI is InChI=1S/C32H37N3O4/c1-7-23-17-13-18-25(20-23)28(29(36)33-26-19-12-11-14-22(26)2)35(6)30(37)27(21-24-15-9-8-10-16-24)34-31(38)39-32(3,4)5/h7-20,27-28H,1,21H2,2-6H3,(H,33,36)(H,34,38). The van der Waals surface area contributed by atoms with Crippen LogP contribution in [0.5, 0.6) is 0 Å². The van der Waals surface area contributed by atoms with Crippen LogP contribution in [0.4, 0.5) is 10.5 Å². The van der Waals surface area contributed by atoms with E-state index in [1.807, 2.05) is 79.7 Å². The predicted octanol–water partition coefficient (Wildman–Crippen LogP) is 5.91. The summed E-state index contributed by atoms with van der Waals surface area (Å²) in [5.74, 6) is -0.809. The highest BCUT2D eigenvalue weighted by atomic mass is 16.6. The molecule has 2 unspecified atom stereocenters. The van der Waals surface area contributed by atoms with Crippen molar-refractivity contribution in [1.82, 2.24) is 10.2 Å². The second-order valence-electron chi connectivity index (χ2n) is 10.4. The number of para-hydroxylation sites is 1. The van der Waals surface area contributed by atoms with Crippen molar-refractivity contribution in [2.45, 2.75) is 51.8 Å². The molecule has 3 aromatic carbocycles. The van der Waals surface area contributed by atoms with E-state index in [-0.39, 0.29) is 12.3 Å². The largest absolute Gasteiger partial charge is 0.444 e. The molecule has 2 atom stereocenters. The summed E-state index contributed by atoms with van der Waals surface area (Å²) in [6, 6.07) is 22.2. The van der Waals surface area contributed by atoms with Crippen molar-refractivity contribution in [2.75, 3.05) is 12.4 Å². The number of rotatable bonds is 9. The van der Waals surface area contributed by atoms with Gasteiger partial charge in [-0.1, -0.05) is 79.4 Å². The number of likely N-dealkylation sites (N-methyl/N-ethyl adjacent to an activating group) is 1. The Hall–Kier alpha value is -4.39. The van der Waals surface area contributed by atoms with Crippen molar-refractivity contribution in [3.63, 3.8) is 0 Å². The molecule has 0 spiro atoms. The minimum atomic E-state index is -0.976. The number of nitrogens with one attached hydrogen (secondary N) is 2. The molecule has 2 N–H and O–H groups in total. The van der Waals surface area contributed by atoms with E-state index in [0.717, 1.165) is 16.7 Å². The Bertz CT molecular complexity index is 1310. The van der Waals surface area contributed by atoms with E-state index in [0.29, 0.717) is 11.3 Å². The molecular formula is C32H37N3O4. The third-order valence-electron chi connectivity index (χ3n) is 6.12. The highest BCUT2D eigenvalue weighted by molar-refractivity contribution is 5.99. The van der Waals surface area contributed by atoms with Gasteiger partial charge in [-0.25, -0.2) is 4.79 Å². The summed E-state index contributed by atoms with van der Waals surface area (Å²) < 4.78 is 5.44. The normalized spacial score (nSPS) is 12.5. The minimum absolute atomic E-state index is 0.224. The molecule has 0 aromatic heterocycles. The minimum Gasteiger partial charge on any atom is -0.444 e. The third-order valence-corrected chi connectivity index (χ3v) is 6.12.